The van der Waals surface area contributed by atoms with Gasteiger partial charge in [0.1, 0.15) is 0 Å². The fraction of sp³-hybridized carbons (Fsp3) is 0.643. The number of nitrogens with zero attached hydrogens (tertiary/aromatic N) is 2. The summed E-state index contributed by atoms with van der Waals surface area (Å²) in [6, 6.07) is 5.02. The van der Waals surface area contributed by atoms with E-state index in [-0.39, 0.29) is 0 Å². The highest BCUT2D eigenvalue weighted by molar-refractivity contribution is 7.98. The molecular weight excluding hydrogens is 228 g/mol. The Bertz CT molecular complexity index is 335. The number of piperidine rings is 1. The monoisotopic (exact) mass is 250 g/mol. The lowest BCUT2D eigenvalue weighted by atomic mass is 9.96. The van der Waals surface area contributed by atoms with Crippen LogP contribution in [0.5, 0.6) is 0 Å². The summed E-state index contributed by atoms with van der Waals surface area (Å²) in [7, 11) is 0. The van der Waals surface area contributed by atoms with E-state index in [1.165, 1.54) is 44.3 Å². The van der Waals surface area contributed by atoms with Crippen LogP contribution in [-0.2, 0) is 0 Å². The van der Waals surface area contributed by atoms with Gasteiger partial charge in [-0.3, -0.25) is 4.90 Å². The van der Waals surface area contributed by atoms with E-state index in [0.717, 1.165) is 5.03 Å². The van der Waals surface area contributed by atoms with Gasteiger partial charge < -0.3 is 0 Å². The summed E-state index contributed by atoms with van der Waals surface area (Å²) in [5.41, 5.74) is 1.40. The number of likely N-dealkylation sites (tertiary alicyclic amines) is 1. The van der Waals surface area contributed by atoms with Gasteiger partial charge in [-0.2, -0.15) is 0 Å². The van der Waals surface area contributed by atoms with Crippen LogP contribution in [0, 0.1) is 0 Å². The van der Waals surface area contributed by atoms with Gasteiger partial charge in [-0.05, 0) is 50.2 Å². The molecule has 0 N–H and O–H groups in total. The highest BCUT2D eigenvalue weighted by Gasteiger charge is 2.23. The van der Waals surface area contributed by atoms with Crippen molar-refractivity contribution in [1.82, 2.24) is 9.88 Å². The summed E-state index contributed by atoms with van der Waals surface area (Å²) in [5.74, 6) is 0. The van der Waals surface area contributed by atoms with Crippen molar-refractivity contribution in [2.24, 2.45) is 0 Å². The first-order valence-electron chi connectivity index (χ1n) is 6.59. The molecule has 2 heterocycles. The molecule has 1 aliphatic heterocycles. The Kier molecular flexibility index (Phi) is 4.86. The average Bonchev–Trinajstić information content (AvgIpc) is 2.40. The van der Waals surface area contributed by atoms with Crippen LogP contribution in [0.4, 0.5) is 0 Å². The van der Waals surface area contributed by atoms with Crippen molar-refractivity contribution in [2.75, 3.05) is 19.3 Å². The first kappa shape index (κ1) is 12.9. The molecule has 0 amide bonds. The fourth-order valence-corrected chi connectivity index (χ4v) is 3.00. The van der Waals surface area contributed by atoms with E-state index in [2.05, 4.69) is 41.4 Å². The molecule has 1 aromatic heterocycles. The van der Waals surface area contributed by atoms with Crippen LogP contribution >= 0.6 is 11.8 Å². The van der Waals surface area contributed by atoms with E-state index in [9.17, 15) is 0 Å². The molecule has 1 atom stereocenters. The van der Waals surface area contributed by atoms with Crippen molar-refractivity contribution in [3.8, 4) is 0 Å². The van der Waals surface area contributed by atoms with Gasteiger partial charge in [0, 0.05) is 12.2 Å². The molecule has 3 heteroatoms. The Morgan fingerprint density at radius 3 is 2.94 bits per heavy atom. The van der Waals surface area contributed by atoms with Crippen molar-refractivity contribution >= 4 is 11.8 Å². The summed E-state index contributed by atoms with van der Waals surface area (Å²) in [6.45, 7) is 4.73. The van der Waals surface area contributed by atoms with Crippen LogP contribution in [0.1, 0.15) is 44.2 Å². The number of aromatic nitrogens is 1. The van der Waals surface area contributed by atoms with Crippen molar-refractivity contribution in [3.05, 3.63) is 23.9 Å². The second kappa shape index (κ2) is 6.41. The predicted octanol–water partition coefficient (Wildman–Crippen LogP) is 3.74. The van der Waals surface area contributed by atoms with Crippen molar-refractivity contribution in [2.45, 2.75) is 43.7 Å². The van der Waals surface area contributed by atoms with Crippen molar-refractivity contribution in [1.29, 1.82) is 0 Å². The molecule has 0 saturated carbocycles. The first-order valence-corrected chi connectivity index (χ1v) is 7.81. The van der Waals surface area contributed by atoms with Gasteiger partial charge in [-0.1, -0.05) is 19.4 Å². The standard InChI is InChI=1S/C14H22N2S/c1-3-9-16-10-5-4-6-13(16)12-7-8-14(17-2)15-11-12/h7-8,11,13H,3-6,9-10H2,1-2H3/t13-/m0/s1. The zero-order valence-corrected chi connectivity index (χ0v) is 11.7. The summed E-state index contributed by atoms with van der Waals surface area (Å²) in [4.78, 5) is 7.13. The van der Waals surface area contributed by atoms with Crippen LogP contribution in [0.3, 0.4) is 0 Å². The Morgan fingerprint density at radius 2 is 2.29 bits per heavy atom. The molecule has 0 radical (unpaired) electrons. The predicted molar refractivity (Wildman–Crippen MR) is 74.5 cm³/mol. The lowest BCUT2D eigenvalue weighted by Gasteiger charge is -2.35. The minimum atomic E-state index is 0.604. The molecule has 0 unspecified atom stereocenters. The van der Waals surface area contributed by atoms with Crippen LogP contribution in [0.25, 0.3) is 0 Å². The molecule has 1 aliphatic rings. The Labute approximate surface area is 109 Å². The van der Waals surface area contributed by atoms with Crippen LogP contribution in [0.2, 0.25) is 0 Å². The second-order valence-corrected chi connectivity index (χ2v) is 5.51. The molecule has 17 heavy (non-hydrogen) atoms. The van der Waals surface area contributed by atoms with Gasteiger partial charge in [0.2, 0.25) is 0 Å². The number of thioether (sulfide) groups is 1. The van der Waals surface area contributed by atoms with Crippen molar-refractivity contribution < 1.29 is 0 Å². The van der Waals surface area contributed by atoms with Gasteiger partial charge in [0.25, 0.3) is 0 Å². The average molecular weight is 250 g/mol. The molecule has 0 aliphatic carbocycles. The molecule has 0 bridgehead atoms. The van der Waals surface area contributed by atoms with Gasteiger partial charge in [-0.15, -0.1) is 11.8 Å². The maximum absolute atomic E-state index is 4.50. The molecule has 0 aromatic carbocycles. The quantitative estimate of drug-likeness (QED) is 0.757. The van der Waals surface area contributed by atoms with Gasteiger partial charge in [0.15, 0.2) is 0 Å². The molecule has 2 nitrogen and oxygen atoms in total. The minimum absolute atomic E-state index is 0.604. The zero-order valence-electron chi connectivity index (χ0n) is 10.9. The van der Waals surface area contributed by atoms with Crippen molar-refractivity contribution in [3.63, 3.8) is 0 Å². The third-order valence-electron chi connectivity index (χ3n) is 3.48. The topological polar surface area (TPSA) is 16.1 Å². The van der Waals surface area contributed by atoms with Gasteiger partial charge in [0.05, 0.1) is 5.03 Å². The maximum atomic E-state index is 4.50. The first-order chi connectivity index (χ1) is 8.35. The van der Waals surface area contributed by atoms with E-state index < -0.39 is 0 Å². The third-order valence-corrected chi connectivity index (χ3v) is 4.14. The third kappa shape index (κ3) is 3.23. The van der Waals surface area contributed by atoms with Crippen LogP contribution < -0.4 is 0 Å². The highest BCUT2D eigenvalue weighted by atomic mass is 32.2. The lowest BCUT2D eigenvalue weighted by molar-refractivity contribution is 0.148. The molecule has 0 spiro atoms. The SMILES string of the molecule is CCCN1CCCC[C@H]1c1ccc(SC)nc1. The molecule has 1 saturated heterocycles. The Morgan fingerprint density at radius 1 is 1.41 bits per heavy atom. The minimum Gasteiger partial charge on any atom is -0.296 e. The lowest BCUT2D eigenvalue weighted by Crippen LogP contribution is -2.34. The van der Waals surface area contributed by atoms with E-state index >= 15 is 0 Å². The second-order valence-electron chi connectivity index (χ2n) is 4.68. The summed E-state index contributed by atoms with van der Waals surface area (Å²) in [5, 5.41) is 1.12. The summed E-state index contributed by atoms with van der Waals surface area (Å²) >= 11 is 1.71. The molecule has 1 aromatic rings. The number of hydrogen-bond acceptors (Lipinski definition) is 3. The van der Waals surface area contributed by atoms with Gasteiger partial charge >= 0.3 is 0 Å². The normalized spacial score (nSPS) is 21.6. The summed E-state index contributed by atoms with van der Waals surface area (Å²) < 4.78 is 0. The van der Waals surface area contributed by atoms with Gasteiger partial charge in [-0.25, -0.2) is 4.98 Å². The van der Waals surface area contributed by atoms with E-state index in [0.29, 0.717) is 6.04 Å². The van der Waals surface area contributed by atoms with E-state index in [4.69, 9.17) is 0 Å². The fourth-order valence-electron chi connectivity index (χ4n) is 2.63. The van der Waals surface area contributed by atoms with Crippen LogP contribution in [0.15, 0.2) is 23.4 Å². The Hall–Kier alpha value is -0.540. The largest absolute Gasteiger partial charge is 0.296 e. The maximum Gasteiger partial charge on any atom is 0.0957 e. The summed E-state index contributed by atoms with van der Waals surface area (Å²) in [6.07, 6.45) is 9.39. The molecule has 1 fully saturated rings. The molecular formula is C14H22N2S. The number of rotatable bonds is 4. The smallest absolute Gasteiger partial charge is 0.0957 e. The van der Waals surface area contributed by atoms with Crippen LogP contribution in [-0.4, -0.2) is 29.2 Å². The van der Waals surface area contributed by atoms with E-state index in [1.807, 2.05) is 0 Å². The number of hydrogen-bond donors (Lipinski definition) is 0. The molecule has 2 rings (SSSR count). The highest BCUT2D eigenvalue weighted by Crippen LogP contribution is 2.30. The Balaban J connectivity index is 2.11. The number of pyridine rings is 1. The molecule has 94 valence electrons. The van der Waals surface area contributed by atoms with E-state index in [1.54, 1.807) is 11.8 Å². The zero-order chi connectivity index (χ0) is 12.1.